The molecule has 2 heterocycles. The van der Waals surface area contributed by atoms with E-state index in [9.17, 15) is 29.1 Å². The predicted molar refractivity (Wildman–Crippen MR) is 241 cm³/mol. The summed E-state index contributed by atoms with van der Waals surface area (Å²) in [6, 6.07) is 19.6. The Morgan fingerprint density at radius 1 is 0.910 bits per heavy atom. The van der Waals surface area contributed by atoms with Crippen LogP contribution in [0.15, 0.2) is 109 Å². The molecule has 4 fully saturated rings. The maximum Gasteiger partial charge on any atom is 0.338 e. The number of likely N-dealkylation sites (N-methyl/N-ethyl adjacent to an activating group) is 1. The molecule has 1 aliphatic heterocycles. The molecule has 10 atom stereocenters. The monoisotopic (exact) mass is 917 g/mol. The smallest absolute Gasteiger partial charge is 0.338 e. The van der Waals surface area contributed by atoms with Gasteiger partial charge >= 0.3 is 11.9 Å². The molecule has 4 aliphatic carbocycles. The molecule has 1 unspecified atom stereocenters. The van der Waals surface area contributed by atoms with Crippen LogP contribution < -0.4 is 5.32 Å². The van der Waals surface area contributed by atoms with Crippen molar-refractivity contribution in [2.75, 3.05) is 26.0 Å². The van der Waals surface area contributed by atoms with Gasteiger partial charge in [-0.3, -0.25) is 24.3 Å². The van der Waals surface area contributed by atoms with E-state index in [0.717, 1.165) is 22.4 Å². The molecule has 2 N–H and O–H groups in total. The average molecular weight is 918 g/mol. The van der Waals surface area contributed by atoms with Crippen molar-refractivity contribution in [1.29, 1.82) is 0 Å². The standard InChI is InChI=1S/C52H53F2N3O10/c1-48(2)66-43-24-37-38-23-40(53)39-22-36(58)17-19-49(39,3)51(38,54)41(59)25-50(37,4)52(43,67-48)42(60)28-65-47(63)32-13-11-31(12-14-32)46(62)64-27-29-7-9-30(10-8-29)44(57(5)6)45(61)56-35-16-15-34-26-55-20-18-33(34)21-35/h7-22,26,37-38,40-41,43-44,59H,23-25,27-28H2,1-6H3,(H,56,61)/t37-,38-,40-,41-,43+,44?,49-,50-,51-,52+/m0/s1. The first-order valence-corrected chi connectivity index (χ1v) is 22.4. The van der Waals surface area contributed by atoms with Gasteiger partial charge in [0.25, 0.3) is 0 Å². The second kappa shape index (κ2) is 16.7. The number of fused-ring (bicyclic) bond motifs is 8. The first-order valence-electron chi connectivity index (χ1n) is 22.4. The van der Waals surface area contributed by atoms with E-state index in [-0.39, 0.29) is 48.5 Å². The number of nitrogens with one attached hydrogen (secondary N) is 1. The van der Waals surface area contributed by atoms with Gasteiger partial charge in [0.1, 0.15) is 18.8 Å². The van der Waals surface area contributed by atoms with Crippen molar-refractivity contribution in [2.24, 2.45) is 22.7 Å². The summed E-state index contributed by atoms with van der Waals surface area (Å²) in [5.74, 6) is -5.85. The number of hydrogen-bond donors (Lipinski definition) is 2. The number of aliphatic hydroxyl groups is 1. The van der Waals surface area contributed by atoms with Gasteiger partial charge in [-0.1, -0.05) is 43.3 Å². The number of hydrogen-bond acceptors (Lipinski definition) is 12. The third kappa shape index (κ3) is 7.50. The largest absolute Gasteiger partial charge is 0.457 e. The van der Waals surface area contributed by atoms with Crippen LogP contribution in [0.2, 0.25) is 0 Å². The zero-order chi connectivity index (χ0) is 47.8. The minimum atomic E-state index is -2.37. The summed E-state index contributed by atoms with van der Waals surface area (Å²) in [5, 5.41) is 16.7. The van der Waals surface area contributed by atoms with Crippen LogP contribution in [0, 0.1) is 22.7 Å². The lowest BCUT2D eigenvalue weighted by molar-refractivity contribution is -0.248. The molecule has 3 saturated carbocycles. The van der Waals surface area contributed by atoms with E-state index in [0.29, 0.717) is 11.3 Å². The van der Waals surface area contributed by atoms with Crippen LogP contribution in [0.3, 0.4) is 0 Å². The van der Waals surface area contributed by atoms with Crippen molar-refractivity contribution >= 4 is 45.9 Å². The summed E-state index contributed by atoms with van der Waals surface area (Å²) in [7, 11) is 3.62. The molecule has 1 aromatic heterocycles. The number of carbonyl (C=O) groups excluding carboxylic acids is 5. The Kier molecular flexibility index (Phi) is 11.5. The van der Waals surface area contributed by atoms with E-state index >= 15 is 8.78 Å². The second-order valence-corrected chi connectivity index (χ2v) is 19.6. The molecule has 15 heteroatoms. The quantitative estimate of drug-likeness (QED) is 0.143. The van der Waals surface area contributed by atoms with Gasteiger partial charge in [0.2, 0.25) is 11.7 Å². The van der Waals surface area contributed by atoms with E-state index in [4.69, 9.17) is 18.9 Å². The molecular formula is C52H53F2N3O10. The Bertz CT molecular complexity index is 2740. The highest BCUT2D eigenvalue weighted by Crippen LogP contribution is 2.72. The average Bonchev–Trinajstić information content (AvgIpc) is 3.71. The fraction of sp³-hybridized carbons (Fsp3) is 0.423. The summed E-state index contributed by atoms with van der Waals surface area (Å²) in [4.78, 5) is 72.6. The Labute approximate surface area is 386 Å². The molecule has 4 aromatic rings. The van der Waals surface area contributed by atoms with Gasteiger partial charge in [-0.05, 0) is 137 Å². The van der Waals surface area contributed by atoms with E-state index in [1.54, 1.807) is 62.3 Å². The second-order valence-electron chi connectivity index (χ2n) is 19.6. The molecule has 0 spiro atoms. The van der Waals surface area contributed by atoms with E-state index in [1.165, 1.54) is 43.3 Å². The third-order valence-electron chi connectivity index (χ3n) is 15.1. The van der Waals surface area contributed by atoms with Crippen LogP contribution in [0.4, 0.5) is 14.5 Å². The minimum absolute atomic E-state index is 0.00661. The normalized spacial score (nSPS) is 31.8. The first-order chi connectivity index (χ1) is 31.7. The first kappa shape index (κ1) is 46.1. The number of nitrogens with zero attached hydrogens (tertiary/aromatic N) is 2. The van der Waals surface area contributed by atoms with Crippen molar-refractivity contribution in [1.82, 2.24) is 9.88 Å². The summed E-state index contributed by atoms with van der Waals surface area (Å²) >= 11 is 0. The number of ketones is 2. The lowest BCUT2D eigenvalue weighted by Gasteiger charge is -2.63. The molecule has 1 amide bonds. The fourth-order valence-corrected chi connectivity index (χ4v) is 12.0. The van der Waals surface area contributed by atoms with Crippen molar-refractivity contribution in [3.05, 3.63) is 131 Å². The number of halogens is 2. The van der Waals surface area contributed by atoms with Crippen LogP contribution in [0.25, 0.3) is 10.8 Å². The van der Waals surface area contributed by atoms with Crippen LogP contribution in [-0.2, 0) is 39.9 Å². The van der Waals surface area contributed by atoms with Crippen LogP contribution in [0.5, 0.6) is 0 Å². The molecule has 0 bridgehead atoms. The van der Waals surface area contributed by atoms with Crippen LogP contribution in [-0.4, -0.2) is 101 Å². The van der Waals surface area contributed by atoms with Crippen molar-refractivity contribution in [3.8, 4) is 0 Å². The number of pyridine rings is 1. The number of amides is 1. The van der Waals surface area contributed by atoms with Gasteiger partial charge in [0.15, 0.2) is 29.4 Å². The van der Waals surface area contributed by atoms with Crippen molar-refractivity contribution < 1.29 is 56.8 Å². The van der Waals surface area contributed by atoms with Crippen molar-refractivity contribution in [3.63, 3.8) is 0 Å². The number of ether oxygens (including phenoxy) is 4. The number of alkyl halides is 2. The molecule has 350 valence electrons. The Balaban J connectivity index is 0.828. The minimum Gasteiger partial charge on any atom is -0.457 e. The highest BCUT2D eigenvalue weighted by Gasteiger charge is 2.80. The molecule has 5 aliphatic rings. The lowest BCUT2D eigenvalue weighted by Crippen LogP contribution is -2.71. The van der Waals surface area contributed by atoms with Gasteiger partial charge in [0, 0.05) is 40.2 Å². The number of Topliss-reactive ketones (excluding diaryl/α,β-unsaturated/α-hetero) is 1. The van der Waals surface area contributed by atoms with Crippen LogP contribution >= 0.6 is 0 Å². The molecule has 1 saturated heterocycles. The summed E-state index contributed by atoms with van der Waals surface area (Å²) < 4.78 is 57.7. The summed E-state index contributed by atoms with van der Waals surface area (Å²) in [5.41, 5.74) is -4.74. The Morgan fingerprint density at radius 2 is 1.60 bits per heavy atom. The van der Waals surface area contributed by atoms with Gasteiger partial charge < -0.3 is 29.4 Å². The topological polar surface area (TPSA) is 171 Å². The number of aliphatic hydroxyl groups excluding tert-OH is 1. The molecule has 13 nitrogen and oxygen atoms in total. The third-order valence-corrected chi connectivity index (χ3v) is 15.1. The number of esters is 2. The molecule has 67 heavy (non-hydrogen) atoms. The van der Waals surface area contributed by atoms with Crippen molar-refractivity contribution in [2.45, 2.75) is 95.0 Å². The number of rotatable bonds is 11. The molecular weight excluding hydrogens is 865 g/mol. The van der Waals surface area contributed by atoms with Gasteiger partial charge in [-0.2, -0.15) is 0 Å². The number of benzene rings is 3. The Hall–Kier alpha value is -6.00. The van der Waals surface area contributed by atoms with E-state index in [2.05, 4.69) is 10.3 Å². The fourth-order valence-electron chi connectivity index (χ4n) is 12.0. The summed E-state index contributed by atoms with van der Waals surface area (Å²) in [6.45, 7) is 5.71. The van der Waals surface area contributed by atoms with E-state index < -0.39 is 94.3 Å². The van der Waals surface area contributed by atoms with Gasteiger partial charge in [0.05, 0.1) is 23.3 Å². The van der Waals surface area contributed by atoms with Gasteiger partial charge in [-0.15, -0.1) is 0 Å². The predicted octanol–water partition coefficient (Wildman–Crippen LogP) is 7.38. The molecule has 9 rings (SSSR count). The maximum atomic E-state index is 17.8. The zero-order valence-electron chi connectivity index (χ0n) is 38.1. The lowest BCUT2D eigenvalue weighted by atomic mass is 9.44. The summed E-state index contributed by atoms with van der Waals surface area (Å²) in [6.07, 6.45) is 2.45. The highest BCUT2D eigenvalue weighted by molar-refractivity contribution is 6.02. The number of allylic oxidation sites excluding steroid dienone is 4. The molecule has 3 aromatic carbocycles. The highest BCUT2D eigenvalue weighted by atomic mass is 19.1. The van der Waals surface area contributed by atoms with Crippen LogP contribution in [0.1, 0.15) is 84.8 Å². The SMILES string of the molecule is CN(C)C(C(=O)Nc1ccc2cnccc2c1)c1ccc(COC(=O)c2ccc(C(=O)OCC(=O)[C@@]34OC(C)(C)O[C@@H]3C[C@H]3[C@@H]5C[C@H](F)C6=CC(=O)C=C[C@]6(C)[C@@]5(F)[C@@H](O)C[C@@]34C)cc2)cc1. The number of aromatic nitrogens is 1. The molecule has 0 radical (unpaired) electrons. The number of anilines is 1. The zero-order valence-corrected chi connectivity index (χ0v) is 38.1. The number of carbonyl (C=O) groups is 5. The maximum absolute atomic E-state index is 17.8. The Morgan fingerprint density at radius 3 is 2.28 bits per heavy atom. The van der Waals surface area contributed by atoms with Gasteiger partial charge in [-0.25, -0.2) is 18.4 Å². The van der Waals surface area contributed by atoms with E-state index in [1.807, 2.05) is 38.4 Å².